The third-order valence-electron chi connectivity index (χ3n) is 8.16. The summed E-state index contributed by atoms with van der Waals surface area (Å²) in [6, 6.07) is 12.0. The fourth-order valence-electron chi connectivity index (χ4n) is 6.54. The summed E-state index contributed by atoms with van der Waals surface area (Å²) in [5.74, 6) is 1.14. The van der Waals surface area contributed by atoms with Crippen LogP contribution in [0.15, 0.2) is 71.8 Å². The van der Waals surface area contributed by atoms with E-state index < -0.39 is 0 Å². The molecule has 0 aromatic heterocycles. The lowest BCUT2D eigenvalue weighted by atomic mass is 9.52. The van der Waals surface area contributed by atoms with E-state index in [-0.39, 0.29) is 34.9 Å². The Kier molecular flexibility index (Phi) is 5.67. The molecule has 5 unspecified atom stereocenters. The van der Waals surface area contributed by atoms with Crippen molar-refractivity contribution < 1.29 is 14.7 Å². The van der Waals surface area contributed by atoms with E-state index in [1.807, 2.05) is 42.5 Å². The number of benzene rings is 1. The molecule has 5 atom stereocenters. The number of aliphatic hydroxyl groups excluding tert-OH is 1. The van der Waals surface area contributed by atoms with Crippen molar-refractivity contribution in [2.75, 3.05) is 6.61 Å². The quantitative estimate of drug-likeness (QED) is 0.700. The van der Waals surface area contributed by atoms with E-state index in [1.165, 1.54) is 11.1 Å². The Hall–Kier alpha value is -2.26. The number of aliphatic hydroxyl groups is 1. The first-order valence-corrected chi connectivity index (χ1v) is 11.2. The molecule has 0 saturated heterocycles. The zero-order chi connectivity index (χ0) is 21.4. The lowest BCUT2D eigenvalue weighted by Gasteiger charge is -2.52. The molecule has 4 aliphatic carbocycles. The fourth-order valence-corrected chi connectivity index (χ4v) is 6.54. The normalized spacial score (nSPS) is 36.4. The van der Waals surface area contributed by atoms with Gasteiger partial charge in [-0.15, -0.1) is 0 Å². The van der Waals surface area contributed by atoms with Gasteiger partial charge in [-0.25, -0.2) is 0 Å². The summed E-state index contributed by atoms with van der Waals surface area (Å²) in [5, 5.41) is 9.34. The molecule has 4 aliphatic rings. The first-order chi connectivity index (χ1) is 14.4. The van der Waals surface area contributed by atoms with Gasteiger partial charge >= 0.3 is 0 Å². The Bertz CT molecular complexity index is 883. The van der Waals surface area contributed by atoms with Gasteiger partial charge in [0.1, 0.15) is 6.61 Å². The number of carbonyl (C=O) groups excluding carboxylic acids is 2. The van der Waals surface area contributed by atoms with Crippen LogP contribution in [0.1, 0.15) is 46.0 Å². The zero-order valence-electron chi connectivity index (χ0n) is 18.0. The van der Waals surface area contributed by atoms with E-state index in [4.69, 9.17) is 0 Å². The van der Waals surface area contributed by atoms with E-state index in [1.54, 1.807) is 6.08 Å². The number of hydrogen-bond acceptors (Lipinski definition) is 3. The fraction of sp³-hybridized carbons (Fsp3) is 0.481. The summed E-state index contributed by atoms with van der Waals surface area (Å²) < 4.78 is 0. The lowest BCUT2D eigenvalue weighted by Crippen LogP contribution is -2.45. The highest BCUT2D eigenvalue weighted by molar-refractivity contribution is 6.01. The van der Waals surface area contributed by atoms with Crippen LogP contribution in [0, 0.1) is 28.6 Å². The maximum atomic E-state index is 12.2. The molecule has 0 spiro atoms. The van der Waals surface area contributed by atoms with Gasteiger partial charge in [-0.2, -0.15) is 0 Å². The minimum atomic E-state index is -0.330. The Morgan fingerprint density at radius 3 is 2.37 bits per heavy atom. The van der Waals surface area contributed by atoms with Crippen LogP contribution >= 0.6 is 0 Å². The van der Waals surface area contributed by atoms with Crippen LogP contribution in [0.5, 0.6) is 0 Å². The van der Waals surface area contributed by atoms with Gasteiger partial charge in [0.15, 0.2) is 11.6 Å². The van der Waals surface area contributed by atoms with Crippen LogP contribution in [-0.4, -0.2) is 23.3 Å². The van der Waals surface area contributed by atoms with E-state index in [0.29, 0.717) is 11.8 Å². The zero-order valence-corrected chi connectivity index (χ0v) is 18.0. The molecular weight excluding hydrogens is 372 g/mol. The highest BCUT2D eigenvalue weighted by Crippen LogP contribution is 2.63. The predicted octanol–water partition coefficient (Wildman–Crippen LogP) is 5.08. The highest BCUT2D eigenvalue weighted by atomic mass is 16.3. The molecule has 1 aromatic rings. The van der Waals surface area contributed by atoms with E-state index >= 15 is 0 Å². The molecular formula is C27H32O3. The number of rotatable bonds is 2. The third-order valence-corrected chi connectivity index (χ3v) is 8.16. The molecule has 0 heterocycles. The van der Waals surface area contributed by atoms with Crippen molar-refractivity contribution in [1.29, 1.82) is 0 Å². The van der Waals surface area contributed by atoms with Gasteiger partial charge in [0.05, 0.1) is 0 Å². The summed E-state index contributed by atoms with van der Waals surface area (Å²) in [6.45, 7) is 4.17. The van der Waals surface area contributed by atoms with Crippen LogP contribution in [0.4, 0.5) is 0 Å². The second-order valence-electron chi connectivity index (χ2n) is 9.64. The minimum absolute atomic E-state index is 0.00137. The number of allylic oxidation sites excluding steroid dienone is 6. The first kappa shape index (κ1) is 21.0. The summed E-state index contributed by atoms with van der Waals surface area (Å²) in [4.78, 5) is 24.0. The molecule has 0 radical (unpaired) electrons. The van der Waals surface area contributed by atoms with E-state index in [0.717, 1.165) is 32.1 Å². The molecule has 2 saturated carbocycles. The van der Waals surface area contributed by atoms with Gasteiger partial charge < -0.3 is 5.11 Å². The lowest BCUT2D eigenvalue weighted by molar-refractivity contribution is -0.129. The molecule has 30 heavy (non-hydrogen) atoms. The van der Waals surface area contributed by atoms with Crippen molar-refractivity contribution in [3.05, 3.63) is 71.8 Å². The summed E-state index contributed by atoms with van der Waals surface area (Å²) >= 11 is 0. The smallest absolute Gasteiger partial charge is 0.178 e. The molecule has 5 rings (SSSR count). The maximum Gasteiger partial charge on any atom is 0.178 e. The van der Waals surface area contributed by atoms with Gasteiger partial charge in [0.25, 0.3) is 0 Å². The van der Waals surface area contributed by atoms with Crippen LogP contribution in [0.25, 0.3) is 0 Å². The molecule has 3 heteroatoms. The van der Waals surface area contributed by atoms with Crippen LogP contribution < -0.4 is 0 Å². The Morgan fingerprint density at radius 2 is 1.73 bits per heavy atom. The standard InChI is InChI=1S/C21H26O3.C6H6/c1-20-9-7-14(23)11-13(20)3-4-15-16-5-6-18(19(24)12-22)21(16,2)10-8-17(15)20;1-2-4-6-5-3-1/h7-9,11,15-16,18,22H,3-6,10,12H2,1-2H3;1-6H. The topological polar surface area (TPSA) is 54.4 Å². The second kappa shape index (κ2) is 8.11. The minimum Gasteiger partial charge on any atom is -0.389 e. The van der Waals surface area contributed by atoms with Crippen molar-refractivity contribution in [3.8, 4) is 0 Å². The molecule has 2 fully saturated rings. The predicted molar refractivity (Wildman–Crippen MR) is 119 cm³/mol. The second-order valence-corrected chi connectivity index (χ2v) is 9.64. The number of hydrogen-bond donors (Lipinski definition) is 1. The molecule has 0 bridgehead atoms. The van der Waals surface area contributed by atoms with E-state index in [2.05, 4.69) is 26.0 Å². The monoisotopic (exact) mass is 404 g/mol. The van der Waals surface area contributed by atoms with Crippen molar-refractivity contribution in [2.24, 2.45) is 28.6 Å². The van der Waals surface area contributed by atoms with Gasteiger partial charge in [0.2, 0.25) is 0 Å². The third kappa shape index (κ3) is 3.43. The molecule has 0 aliphatic heterocycles. The summed E-state index contributed by atoms with van der Waals surface area (Å²) in [5.41, 5.74) is 2.59. The van der Waals surface area contributed by atoms with Gasteiger partial charge in [-0.1, -0.05) is 66.6 Å². The number of fused-ring (bicyclic) bond motifs is 5. The Labute approximate surface area is 179 Å². The molecule has 1 aromatic carbocycles. The Morgan fingerprint density at radius 1 is 1.07 bits per heavy atom. The highest BCUT2D eigenvalue weighted by Gasteiger charge is 2.56. The van der Waals surface area contributed by atoms with Gasteiger partial charge in [-0.05, 0) is 68.4 Å². The molecule has 0 amide bonds. The summed E-state index contributed by atoms with van der Waals surface area (Å²) in [7, 11) is 0. The molecule has 1 N–H and O–H groups in total. The van der Waals surface area contributed by atoms with Crippen molar-refractivity contribution >= 4 is 11.6 Å². The average Bonchev–Trinajstić information content (AvgIpc) is 3.12. The van der Waals surface area contributed by atoms with E-state index in [9.17, 15) is 14.7 Å². The number of carbonyl (C=O) groups is 2. The van der Waals surface area contributed by atoms with Crippen LogP contribution in [-0.2, 0) is 9.59 Å². The SMILES string of the molecule is CC12C=CC(=O)C=C1CCC1C2=CCC2(C)C(C(=O)CO)CCC12.c1ccccc1. The molecule has 3 nitrogen and oxygen atoms in total. The summed E-state index contributed by atoms with van der Waals surface area (Å²) in [6.07, 6.45) is 12.9. The number of ketones is 2. The van der Waals surface area contributed by atoms with Crippen molar-refractivity contribution in [3.63, 3.8) is 0 Å². The number of Topliss-reactive ketones (excluding diaryl/α,β-unsaturated/α-hetero) is 1. The average molecular weight is 405 g/mol. The maximum absolute atomic E-state index is 12.2. The largest absolute Gasteiger partial charge is 0.389 e. The van der Waals surface area contributed by atoms with Gasteiger partial charge in [0, 0.05) is 11.3 Å². The first-order valence-electron chi connectivity index (χ1n) is 11.2. The van der Waals surface area contributed by atoms with Crippen molar-refractivity contribution in [1.82, 2.24) is 0 Å². The van der Waals surface area contributed by atoms with Crippen LogP contribution in [0.2, 0.25) is 0 Å². The van der Waals surface area contributed by atoms with Gasteiger partial charge in [-0.3, -0.25) is 9.59 Å². The van der Waals surface area contributed by atoms with Crippen molar-refractivity contribution in [2.45, 2.75) is 46.0 Å². The Balaban J connectivity index is 0.000000313. The molecule has 158 valence electrons. The van der Waals surface area contributed by atoms with Crippen LogP contribution in [0.3, 0.4) is 0 Å².